The Hall–Kier alpha value is -1.93. The summed E-state index contributed by atoms with van der Waals surface area (Å²) in [6.45, 7) is 2.24. The molecule has 134 valence electrons. The van der Waals surface area contributed by atoms with E-state index in [1.54, 1.807) is 30.3 Å². The maximum atomic E-state index is 12.1. The van der Waals surface area contributed by atoms with Crippen molar-refractivity contribution in [1.82, 2.24) is 4.72 Å². The van der Waals surface area contributed by atoms with Gasteiger partial charge in [-0.15, -0.1) is 0 Å². The Bertz CT molecular complexity index is 629. The first-order valence-electron chi connectivity index (χ1n) is 7.76. The molecule has 0 radical (unpaired) electrons. The fraction of sp³-hybridized carbons (Fsp3) is 0.500. The van der Waals surface area contributed by atoms with E-state index < -0.39 is 28.0 Å². The molecule has 7 nitrogen and oxygen atoms in total. The lowest BCUT2D eigenvalue weighted by Crippen LogP contribution is -2.41. The topological polar surface area (TPSA) is 110 Å². The van der Waals surface area contributed by atoms with E-state index in [-0.39, 0.29) is 25.2 Å². The fourth-order valence-electron chi connectivity index (χ4n) is 1.95. The number of nitrogens with one attached hydrogen (secondary N) is 1. The third-order valence-corrected chi connectivity index (χ3v) is 4.57. The largest absolute Gasteiger partial charge is 0.480 e. The Morgan fingerprint density at radius 3 is 2.50 bits per heavy atom. The van der Waals surface area contributed by atoms with Crippen LogP contribution < -0.4 is 4.72 Å². The van der Waals surface area contributed by atoms with Gasteiger partial charge in [0.05, 0.1) is 12.4 Å². The first kappa shape index (κ1) is 20.1. The molecule has 1 aromatic carbocycles. The van der Waals surface area contributed by atoms with Crippen molar-refractivity contribution in [3.05, 3.63) is 35.9 Å². The maximum Gasteiger partial charge on any atom is 0.321 e. The van der Waals surface area contributed by atoms with E-state index >= 15 is 0 Å². The zero-order chi connectivity index (χ0) is 18.0. The van der Waals surface area contributed by atoms with Gasteiger partial charge in [0, 0.05) is 6.42 Å². The van der Waals surface area contributed by atoms with Gasteiger partial charge in [-0.2, -0.15) is 0 Å². The second-order valence-corrected chi connectivity index (χ2v) is 7.12. The molecule has 0 aliphatic carbocycles. The number of ether oxygens (including phenoxy) is 1. The molecule has 0 amide bonds. The summed E-state index contributed by atoms with van der Waals surface area (Å²) in [4.78, 5) is 22.7. The normalized spacial score (nSPS) is 12.5. The number of aliphatic carboxylic acids is 1. The highest BCUT2D eigenvalue weighted by molar-refractivity contribution is 7.88. The van der Waals surface area contributed by atoms with E-state index in [4.69, 9.17) is 9.84 Å². The van der Waals surface area contributed by atoms with Crippen LogP contribution in [0.3, 0.4) is 0 Å². The molecule has 0 aromatic heterocycles. The van der Waals surface area contributed by atoms with E-state index in [1.165, 1.54) is 0 Å². The maximum absolute atomic E-state index is 12.1. The number of carboxylic acid groups (broad SMARTS) is 1. The lowest BCUT2D eigenvalue weighted by molar-refractivity contribution is -0.144. The molecule has 0 saturated carbocycles. The zero-order valence-corrected chi connectivity index (χ0v) is 14.4. The van der Waals surface area contributed by atoms with Gasteiger partial charge in [0.2, 0.25) is 10.0 Å². The van der Waals surface area contributed by atoms with Gasteiger partial charge in [-0.25, -0.2) is 13.1 Å². The average molecular weight is 357 g/mol. The molecule has 0 bridgehead atoms. The predicted molar refractivity (Wildman–Crippen MR) is 88.7 cm³/mol. The fourth-order valence-corrected chi connectivity index (χ4v) is 3.32. The van der Waals surface area contributed by atoms with Crippen molar-refractivity contribution >= 4 is 22.0 Å². The number of esters is 1. The van der Waals surface area contributed by atoms with E-state index in [0.29, 0.717) is 5.56 Å². The van der Waals surface area contributed by atoms with Crippen LogP contribution in [0.2, 0.25) is 0 Å². The molecule has 2 N–H and O–H groups in total. The van der Waals surface area contributed by atoms with Crippen LogP contribution in [0.15, 0.2) is 30.3 Å². The Kier molecular flexibility index (Phi) is 8.42. The third kappa shape index (κ3) is 8.07. The third-order valence-electron chi connectivity index (χ3n) is 3.22. The molecule has 0 spiro atoms. The van der Waals surface area contributed by atoms with Crippen molar-refractivity contribution in [2.75, 3.05) is 6.61 Å². The number of benzene rings is 1. The van der Waals surface area contributed by atoms with Gasteiger partial charge in [-0.3, -0.25) is 9.59 Å². The van der Waals surface area contributed by atoms with Crippen LogP contribution in [0, 0.1) is 0 Å². The second-order valence-electron chi connectivity index (χ2n) is 5.37. The molecule has 1 unspecified atom stereocenters. The van der Waals surface area contributed by atoms with Crippen molar-refractivity contribution in [3.8, 4) is 0 Å². The van der Waals surface area contributed by atoms with Gasteiger partial charge in [0.15, 0.2) is 0 Å². The number of hydrogen-bond donors (Lipinski definition) is 2. The molecule has 8 heteroatoms. The second kappa shape index (κ2) is 10.0. The minimum absolute atomic E-state index is 0.158. The molecule has 0 aliphatic heterocycles. The number of carboxylic acids is 1. The summed E-state index contributed by atoms with van der Waals surface area (Å²) in [7, 11) is -3.83. The first-order valence-corrected chi connectivity index (χ1v) is 9.41. The van der Waals surface area contributed by atoms with E-state index in [2.05, 4.69) is 4.72 Å². The highest BCUT2D eigenvalue weighted by Crippen LogP contribution is 2.08. The predicted octanol–water partition coefficient (Wildman–Crippen LogP) is 1.68. The first-order chi connectivity index (χ1) is 11.3. The minimum Gasteiger partial charge on any atom is -0.480 e. The van der Waals surface area contributed by atoms with E-state index in [9.17, 15) is 18.0 Å². The molecule has 1 rings (SSSR count). The van der Waals surface area contributed by atoms with E-state index in [0.717, 1.165) is 12.8 Å². The van der Waals surface area contributed by atoms with Crippen LogP contribution in [0.4, 0.5) is 0 Å². The highest BCUT2D eigenvalue weighted by atomic mass is 32.2. The lowest BCUT2D eigenvalue weighted by Gasteiger charge is -2.14. The summed E-state index contributed by atoms with van der Waals surface area (Å²) in [6.07, 6.45) is 1.30. The zero-order valence-electron chi connectivity index (χ0n) is 13.6. The number of rotatable bonds is 11. The molecular formula is C16H23NO6S. The van der Waals surface area contributed by atoms with Crippen LogP contribution in [-0.2, 0) is 30.1 Å². The van der Waals surface area contributed by atoms with Gasteiger partial charge >= 0.3 is 11.9 Å². The number of unbranched alkanes of at least 4 members (excludes halogenated alkanes) is 1. The molecule has 0 aliphatic rings. The quantitative estimate of drug-likeness (QED) is 0.461. The van der Waals surface area contributed by atoms with Gasteiger partial charge in [0.25, 0.3) is 0 Å². The minimum atomic E-state index is -3.83. The molecule has 1 aromatic rings. The summed E-state index contributed by atoms with van der Waals surface area (Å²) in [5.41, 5.74) is 0.549. The smallest absolute Gasteiger partial charge is 0.321 e. The Morgan fingerprint density at radius 2 is 1.92 bits per heavy atom. The summed E-state index contributed by atoms with van der Waals surface area (Å²) in [5.74, 6) is -2.18. The van der Waals surface area contributed by atoms with Gasteiger partial charge in [0.1, 0.15) is 6.04 Å². The van der Waals surface area contributed by atoms with Crippen molar-refractivity contribution in [1.29, 1.82) is 0 Å². The SMILES string of the molecule is CCCCOC(=O)CCC(NS(=O)(=O)Cc1ccccc1)C(=O)O. The van der Waals surface area contributed by atoms with Gasteiger partial charge in [-0.05, 0) is 18.4 Å². The summed E-state index contributed by atoms with van der Waals surface area (Å²) in [6, 6.07) is 7.07. The monoisotopic (exact) mass is 357 g/mol. The number of sulfonamides is 1. The van der Waals surface area contributed by atoms with E-state index in [1.807, 2.05) is 6.92 Å². The summed E-state index contributed by atoms with van der Waals surface area (Å²) >= 11 is 0. The average Bonchev–Trinajstić information content (AvgIpc) is 2.52. The summed E-state index contributed by atoms with van der Waals surface area (Å²) in [5, 5.41) is 9.15. The van der Waals surface area contributed by atoms with Crippen molar-refractivity contribution in [2.45, 2.75) is 44.4 Å². The van der Waals surface area contributed by atoms with Crippen molar-refractivity contribution < 1.29 is 27.9 Å². The van der Waals surface area contributed by atoms with Crippen LogP contribution in [0.25, 0.3) is 0 Å². The highest BCUT2D eigenvalue weighted by Gasteiger charge is 2.25. The molecule has 24 heavy (non-hydrogen) atoms. The van der Waals surface area contributed by atoms with Gasteiger partial charge in [-0.1, -0.05) is 43.7 Å². The molecular weight excluding hydrogens is 334 g/mol. The van der Waals surface area contributed by atoms with Crippen LogP contribution in [-0.4, -0.2) is 38.1 Å². The Balaban J connectivity index is 2.55. The molecule has 1 atom stereocenters. The van der Waals surface area contributed by atoms with Crippen molar-refractivity contribution in [3.63, 3.8) is 0 Å². The molecule has 0 fully saturated rings. The standard InChI is InChI=1S/C16H23NO6S/c1-2-3-11-23-15(18)10-9-14(16(19)20)17-24(21,22)12-13-7-5-4-6-8-13/h4-8,14,17H,2-3,9-12H2,1H3,(H,19,20). The number of carbonyl (C=O) groups is 2. The van der Waals surface area contributed by atoms with Crippen LogP contribution in [0.1, 0.15) is 38.2 Å². The van der Waals surface area contributed by atoms with Crippen LogP contribution >= 0.6 is 0 Å². The molecule has 0 saturated heterocycles. The number of carbonyl (C=O) groups excluding carboxylic acids is 1. The van der Waals surface area contributed by atoms with Gasteiger partial charge < -0.3 is 9.84 Å². The van der Waals surface area contributed by atoms with Crippen LogP contribution in [0.5, 0.6) is 0 Å². The summed E-state index contributed by atoms with van der Waals surface area (Å²) < 4.78 is 31.2. The Labute approximate surface area is 142 Å². The lowest BCUT2D eigenvalue weighted by atomic mass is 10.2. The number of hydrogen-bond acceptors (Lipinski definition) is 5. The van der Waals surface area contributed by atoms with Crippen molar-refractivity contribution in [2.24, 2.45) is 0 Å². The molecule has 0 heterocycles. The Morgan fingerprint density at radius 1 is 1.25 bits per heavy atom.